The summed E-state index contributed by atoms with van der Waals surface area (Å²) in [7, 11) is -3.82. The van der Waals surface area contributed by atoms with Gasteiger partial charge in [-0.05, 0) is 43.0 Å². The Kier molecular flexibility index (Phi) is 5.41. The first-order chi connectivity index (χ1) is 10.7. The second-order valence-electron chi connectivity index (χ2n) is 5.82. The van der Waals surface area contributed by atoms with E-state index < -0.39 is 30.9 Å². The van der Waals surface area contributed by atoms with Crippen molar-refractivity contribution in [3.8, 4) is 0 Å². The summed E-state index contributed by atoms with van der Waals surface area (Å²) in [5.41, 5.74) is -0.301. The van der Waals surface area contributed by atoms with Gasteiger partial charge < -0.3 is 0 Å². The van der Waals surface area contributed by atoms with Crippen molar-refractivity contribution in [3.63, 3.8) is 0 Å². The van der Waals surface area contributed by atoms with E-state index in [0.29, 0.717) is 18.4 Å². The first kappa shape index (κ1) is 17.9. The fourth-order valence-electron chi connectivity index (χ4n) is 2.98. The minimum absolute atomic E-state index is 0.0433. The lowest BCUT2D eigenvalue weighted by molar-refractivity contribution is -0.387. The minimum atomic E-state index is -3.82. The van der Waals surface area contributed by atoms with Crippen molar-refractivity contribution in [1.82, 2.24) is 0 Å². The van der Waals surface area contributed by atoms with E-state index in [1.165, 1.54) is 13.0 Å². The van der Waals surface area contributed by atoms with Crippen LogP contribution in [0, 0.1) is 17.0 Å². The van der Waals surface area contributed by atoms with E-state index >= 15 is 0 Å². The highest BCUT2D eigenvalue weighted by Gasteiger charge is 2.35. The van der Waals surface area contributed by atoms with Gasteiger partial charge in [0.1, 0.15) is 4.90 Å². The van der Waals surface area contributed by atoms with E-state index in [-0.39, 0.29) is 10.5 Å². The fraction of sp³-hybridized carbons (Fsp3) is 0.533. The molecule has 0 aromatic heterocycles. The summed E-state index contributed by atoms with van der Waals surface area (Å²) >= 11 is 5.41. The second-order valence-corrected chi connectivity index (χ2v) is 8.36. The molecule has 2 rings (SSSR count). The molecule has 0 atom stereocenters. The predicted molar refractivity (Wildman–Crippen MR) is 86.7 cm³/mol. The van der Waals surface area contributed by atoms with E-state index in [1.807, 2.05) is 0 Å². The molecule has 1 saturated carbocycles. The third-order valence-electron chi connectivity index (χ3n) is 4.26. The molecule has 0 saturated heterocycles. The van der Waals surface area contributed by atoms with E-state index in [0.717, 1.165) is 31.7 Å². The molecule has 126 valence electrons. The number of sulfone groups is 1. The number of aryl methyl sites for hydroxylation is 1. The lowest BCUT2D eigenvalue weighted by atomic mass is 10.1. The Morgan fingerprint density at radius 3 is 2.26 bits per heavy atom. The van der Waals surface area contributed by atoms with Crippen molar-refractivity contribution in [2.45, 2.75) is 55.6 Å². The largest absolute Gasteiger partial charge is 0.288 e. The van der Waals surface area contributed by atoms with Gasteiger partial charge in [0.25, 0.3) is 10.9 Å². The summed E-state index contributed by atoms with van der Waals surface area (Å²) in [6.07, 6.45) is 4.58. The highest BCUT2D eigenvalue weighted by molar-refractivity contribution is 7.92. The molecule has 0 heterocycles. The number of benzene rings is 1. The minimum Gasteiger partial charge on any atom is -0.276 e. The number of hydrogen-bond acceptors (Lipinski definition) is 5. The maximum Gasteiger partial charge on any atom is 0.288 e. The SMILES string of the molecule is Cc1cc(S(=O)(=O)C2CCCCCC2)c([N+](=O)[O-])cc1C(=O)Cl. The Bertz CT molecular complexity index is 736. The van der Waals surface area contributed by atoms with Crippen LogP contribution in [0.1, 0.15) is 54.4 Å². The molecule has 23 heavy (non-hydrogen) atoms. The fourth-order valence-corrected chi connectivity index (χ4v) is 5.27. The van der Waals surface area contributed by atoms with Crippen molar-refractivity contribution in [2.75, 3.05) is 0 Å². The van der Waals surface area contributed by atoms with Crippen molar-refractivity contribution in [3.05, 3.63) is 33.4 Å². The van der Waals surface area contributed by atoms with Gasteiger partial charge in [0.05, 0.1) is 10.2 Å². The summed E-state index contributed by atoms with van der Waals surface area (Å²) in [6.45, 7) is 1.52. The Labute approximate surface area is 139 Å². The summed E-state index contributed by atoms with van der Waals surface area (Å²) < 4.78 is 25.8. The first-order valence-corrected chi connectivity index (χ1v) is 9.40. The van der Waals surface area contributed by atoms with Gasteiger partial charge in [-0.2, -0.15) is 0 Å². The number of halogens is 1. The van der Waals surface area contributed by atoms with Crippen LogP contribution in [0.5, 0.6) is 0 Å². The quantitative estimate of drug-likeness (QED) is 0.353. The molecule has 1 aromatic carbocycles. The maximum atomic E-state index is 12.9. The predicted octanol–water partition coefficient (Wildman–Crippen LogP) is 3.78. The van der Waals surface area contributed by atoms with Crippen molar-refractivity contribution < 1.29 is 18.1 Å². The zero-order chi connectivity index (χ0) is 17.2. The highest BCUT2D eigenvalue weighted by atomic mass is 35.5. The maximum absolute atomic E-state index is 12.9. The van der Waals surface area contributed by atoms with Crippen LogP contribution >= 0.6 is 11.6 Å². The molecule has 1 aliphatic carbocycles. The number of nitro groups is 1. The van der Waals surface area contributed by atoms with Gasteiger partial charge in [-0.3, -0.25) is 14.9 Å². The molecule has 1 aliphatic rings. The van der Waals surface area contributed by atoms with Crippen molar-refractivity contribution in [2.24, 2.45) is 0 Å². The van der Waals surface area contributed by atoms with Crippen LogP contribution in [0.2, 0.25) is 0 Å². The first-order valence-electron chi connectivity index (χ1n) is 7.48. The average Bonchev–Trinajstić information content (AvgIpc) is 2.75. The number of carbonyl (C=O) groups is 1. The summed E-state index contributed by atoms with van der Waals surface area (Å²) in [6, 6.07) is 2.17. The molecule has 0 radical (unpaired) electrons. The lowest BCUT2D eigenvalue weighted by Gasteiger charge is -2.16. The molecule has 6 nitrogen and oxygen atoms in total. The van der Waals surface area contributed by atoms with Crippen LogP contribution in [0.25, 0.3) is 0 Å². The molecular weight excluding hydrogens is 342 g/mol. The molecular formula is C15H18ClNO5S. The number of hydrogen-bond donors (Lipinski definition) is 0. The van der Waals surface area contributed by atoms with Crippen LogP contribution in [0.15, 0.2) is 17.0 Å². The average molecular weight is 360 g/mol. The lowest BCUT2D eigenvalue weighted by Crippen LogP contribution is -2.22. The summed E-state index contributed by atoms with van der Waals surface area (Å²) in [4.78, 5) is 21.6. The molecule has 0 spiro atoms. The topological polar surface area (TPSA) is 94.3 Å². The molecule has 0 unspecified atom stereocenters. The van der Waals surface area contributed by atoms with E-state index in [4.69, 9.17) is 11.6 Å². The van der Waals surface area contributed by atoms with Gasteiger partial charge in [0, 0.05) is 11.6 Å². The monoisotopic (exact) mass is 359 g/mol. The Balaban J connectivity index is 2.58. The molecule has 0 N–H and O–H groups in total. The number of nitrogens with zero attached hydrogens (tertiary/aromatic N) is 1. The van der Waals surface area contributed by atoms with Crippen LogP contribution in [0.3, 0.4) is 0 Å². The van der Waals surface area contributed by atoms with Gasteiger partial charge in [-0.25, -0.2) is 8.42 Å². The van der Waals surface area contributed by atoms with Crippen LogP contribution in [0.4, 0.5) is 5.69 Å². The Morgan fingerprint density at radius 2 is 1.78 bits per heavy atom. The van der Waals surface area contributed by atoms with Crippen LogP contribution in [-0.2, 0) is 9.84 Å². The number of rotatable bonds is 4. The second kappa shape index (κ2) is 6.97. The summed E-state index contributed by atoms with van der Waals surface area (Å²) in [5, 5.41) is 9.84. The summed E-state index contributed by atoms with van der Waals surface area (Å²) in [5.74, 6) is 0. The zero-order valence-electron chi connectivity index (χ0n) is 12.7. The van der Waals surface area contributed by atoms with Crippen LogP contribution < -0.4 is 0 Å². The standard InChI is InChI=1S/C15H18ClNO5S/c1-10-8-14(13(17(19)20)9-12(10)15(16)18)23(21,22)11-6-4-2-3-5-7-11/h8-9,11H,2-7H2,1H3. The van der Waals surface area contributed by atoms with Gasteiger partial charge in [0.2, 0.25) is 0 Å². The Hall–Kier alpha value is -1.47. The normalized spacial score (nSPS) is 16.8. The number of nitro benzene ring substituents is 1. The Morgan fingerprint density at radius 1 is 1.22 bits per heavy atom. The van der Waals surface area contributed by atoms with E-state index in [9.17, 15) is 23.3 Å². The molecule has 1 fully saturated rings. The van der Waals surface area contributed by atoms with Gasteiger partial charge in [-0.15, -0.1) is 0 Å². The third-order valence-corrected chi connectivity index (χ3v) is 6.75. The molecule has 8 heteroatoms. The highest BCUT2D eigenvalue weighted by Crippen LogP contribution is 2.34. The van der Waals surface area contributed by atoms with Gasteiger partial charge in [0.15, 0.2) is 9.84 Å². The molecule has 1 aromatic rings. The third kappa shape index (κ3) is 3.72. The smallest absolute Gasteiger partial charge is 0.276 e. The molecule has 0 amide bonds. The van der Waals surface area contributed by atoms with Crippen molar-refractivity contribution >= 4 is 32.4 Å². The van der Waals surface area contributed by atoms with Crippen molar-refractivity contribution in [1.29, 1.82) is 0 Å². The van der Waals surface area contributed by atoms with E-state index in [1.54, 1.807) is 0 Å². The van der Waals surface area contributed by atoms with E-state index in [2.05, 4.69) is 0 Å². The zero-order valence-corrected chi connectivity index (χ0v) is 14.3. The van der Waals surface area contributed by atoms with Crippen LogP contribution in [-0.4, -0.2) is 23.8 Å². The van der Waals surface area contributed by atoms with Gasteiger partial charge >= 0.3 is 0 Å². The molecule has 0 aliphatic heterocycles. The molecule has 0 bridgehead atoms. The van der Waals surface area contributed by atoms with Gasteiger partial charge in [-0.1, -0.05) is 25.7 Å². The number of carbonyl (C=O) groups excluding carboxylic acids is 1.